The van der Waals surface area contributed by atoms with Crippen molar-refractivity contribution < 1.29 is 14.7 Å². The van der Waals surface area contributed by atoms with E-state index >= 15 is 0 Å². The molecule has 0 unspecified atom stereocenters. The van der Waals surface area contributed by atoms with Gasteiger partial charge in [-0.3, -0.25) is 9.59 Å². The highest BCUT2D eigenvalue weighted by Gasteiger charge is 2.30. The molecule has 1 aliphatic carbocycles. The predicted molar refractivity (Wildman–Crippen MR) is 91.1 cm³/mol. The van der Waals surface area contributed by atoms with E-state index < -0.39 is 5.97 Å². The molecule has 1 aromatic rings. The van der Waals surface area contributed by atoms with Gasteiger partial charge >= 0.3 is 5.97 Å². The number of carbonyl (C=O) groups is 2. The van der Waals surface area contributed by atoms with Gasteiger partial charge in [-0.1, -0.05) is 50.3 Å². The normalized spacial score (nSPS) is 21.0. The second-order valence-corrected chi connectivity index (χ2v) is 6.54. The van der Waals surface area contributed by atoms with Crippen molar-refractivity contribution in [2.24, 2.45) is 5.92 Å². The Morgan fingerprint density at radius 1 is 1.26 bits per heavy atom. The molecule has 1 aromatic carbocycles. The van der Waals surface area contributed by atoms with E-state index in [1.54, 1.807) is 0 Å². The summed E-state index contributed by atoms with van der Waals surface area (Å²) in [6, 6.07) is 8.32. The first-order valence-electron chi connectivity index (χ1n) is 8.24. The first-order valence-corrected chi connectivity index (χ1v) is 8.24. The third-order valence-corrected chi connectivity index (χ3v) is 4.36. The van der Waals surface area contributed by atoms with Crippen molar-refractivity contribution in [1.82, 2.24) is 5.32 Å². The molecule has 1 amide bonds. The SMILES string of the molecule is CC(C)c1ccc(/C=C/CC(=O)N[C@@H]2CC[C@H](C(=O)O)C2)cc1. The number of hydrogen-bond donors (Lipinski definition) is 2. The molecule has 4 heteroatoms. The van der Waals surface area contributed by atoms with E-state index in [4.69, 9.17) is 5.11 Å². The molecule has 1 saturated carbocycles. The van der Waals surface area contributed by atoms with Crippen LogP contribution in [0.1, 0.15) is 56.6 Å². The van der Waals surface area contributed by atoms with Gasteiger partial charge in [0, 0.05) is 12.5 Å². The summed E-state index contributed by atoms with van der Waals surface area (Å²) in [6.45, 7) is 4.32. The molecular weight excluding hydrogens is 290 g/mol. The number of hydrogen-bond acceptors (Lipinski definition) is 2. The van der Waals surface area contributed by atoms with Crippen LogP contribution in [0.2, 0.25) is 0 Å². The lowest BCUT2D eigenvalue weighted by Gasteiger charge is -2.11. The van der Waals surface area contributed by atoms with Gasteiger partial charge in [0.25, 0.3) is 0 Å². The number of carbonyl (C=O) groups excluding carboxylic acids is 1. The van der Waals surface area contributed by atoms with Gasteiger partial charge in [0.2, 0.25) is 5.91 Å². The van der Waals surface area contributed by atoms with Crippen molar-refractivity contribution in [3.05, 3.63) is 41.5 Å². The second kappa shape index (κ2) is 7.95. The van der Waals surface area contributed by atoms with Crippen LogP contribution < -0.4 is 5.32 Å². The molecule has 124 valence electrons. The lowest BCUT2D eigenvalue weighted by Crippen LogP contribution is -2.32. The number of aliphatic carboxylic acids is 1. The first-order chi connectivity index (χ1) is 11.0. The molecule has 0 aromatic heterocycles. The van der Waals surface area contributed by atoms with Crippen LogP contribution in [-0.4, -0.2) is 23.0 Å². The topological polar surface area (TPSA) is 66.4 Å². The number of carboxylic acids is 1. The zero-order valence-electron chi connectivity index (χ0n) is 13.8. The van der Waals surface area contributed by atoms with Crippen LogP contribution in [0, 0.1) is 5.92 Å². The lowest BCUT2D eigenvalue weighted by molar-refractivity contribution is -0.141. The molecule has 23 heavy (non-hydrogen) atoms. The van der Waals surface area contributed by atoms with Gasteiger partial charge in [0.1, 0.15) is 0 Å². The van der Waals surface area contributed by atoms with Crippen LogP contribution in [0.4, 0.5) is 0 Å². The van der Waals surface area contributed by atoms with Gasteiger partial charge in [-0.05, 0) is 36.3 Å². The van der Waals surface area contributed by atoms with Crippen molar-refractivity contribution in [3.8, 4) is 0 Å². The first kappa shape index (κ1) is 17.3. The summed E-state index contributed by atoms with van der Waals surface area (Å²) >= 11 is 0. The standard InChI is InChI=1S/C19H25NO3/c1-13(2)15-8-6-14(7-9-15)4-3-5-18(21)20-17-11-10-16(12-17)19(22)23/h3-4,6-9,13,16-17H,5,10-12H2,1-2H3,(H,20,21)(H,22,23)/b4-3+/t16-,17+/m0/s1. The Morgan fingerprint density at radius 2 is 1.96 bits per heavy atom. The van der Waals surface area contributed by atoms with E-state index in [0.717, 1.165) is 12.0 Å². The van der Waals surface area contributed by atoms with Crippen LogP contribution in [0.3, 0.4) is 0 Å². The van der Waals surface area contributed by atoms with Gasteiger partial charge in [-0.2, -0.15) is 0 Å². The maximum absolute atomic E-state index is 11.9. The number of nitrogens with one attached hydrogen (secondary N) is 1. The van der Waals surface area contributed by atoms with Crippen molar-refractivity contribution >= 4 is 18.0 Å². The quantitative estimate of drug-likeness (QED) is 0.843. The minimum Gasteiger partial charge on any atom is -0.481 e. The molecule has 2 atom stereocenters. The van der Waals surface area contributed by atoms with Crippen molar-refractivity contribution in [1.29, 1.82) is 0 Å². The van der Waals surface area contributed by atoms with Gasteiger partial charge < -0.3 is 10.4 Å². The molecule has 1 fully saturated rings. The number of benzene rings is 1. The summed E-state index contributed by atoms with van der Waals surface area (Å²) < 4.78 is 0. The highest BCUT2D eigenvalue weighted by atomic mass is 16.4. The molecule has 0 radical (unpaired) electrons. The maximum Gasteiger partial charge on any atom is 0.306 e. The van der Waals surface area contributed by atoms with Crippen molar-refractivity contribution in [2.75, 3.05) is 0 Å². The number of rotatable bonds is 6. The summed E-state index contributed by atoms with van der Waals surface area (Å²) in [6.07, 6.45) is 6.06. The van der Waals surface area contributed by atoms with Crippen LogP contribution in [0.25, 0.3) is 6.08 Å². The fourth-order valence-electron chi connectivity index (χ4n) is 2.92. The molecule has 0 saturated heterocycles. The lowest BCUT2D eigenvalue weighted by atomic mass is 10.0. The van der Waals surface area contributed by atoms with Gasteiger partial charge in [-0.25, -0.2) is 0 Å². The molecule has 0 bridgehead atoms. The van der Waals surface area contributed by atoms with Gasteiger partial charge in [0.05, 0.1) is 5.92 Å². The van der Waals surface area contributed by atoms with Crippen LogP contribution in [-0.2, 0) is 9.59 Å². The Morgan fingerprint density at radius 3 is 2.52 bits per heavy atom. The summed E-state index contributed by atoms with van der Waals surface area (Å²) in [5.41, 5.74) is 2.38. The second-order valence-electron chi connectivity index (χ2n) is 6.54. The van der Waals surface area contributed by atoms with Gasteiger partial charge in [0.15, 0.2) is 0 Å². The fraction of sp³-hybridized carbons (Fsp3) is 0.474. The molecule has 0 aliphatic heterocycles. The Hall–Kier alpha value is -2.10. The van der Waals surface area contributed by atoms with E-state index in [1.807, 2.05) is 12.2 Å². The molecule has 0 spiro atoms. The van der Waals surface area contributed by atoms with Crippen LogP contribution >= 0.6 is 0 Å². The minimum absolute atomic E-state index is 0.00215. The average molecular weight is 315 g/mol. The van der Waals surface area contributed by atoms with Crippen LogP contribution in [0.15, 0.2) is 30.3 Å². The predicted octanol–water partition coefficient (Wildman–Crippen LogP) is 3.58. The third-order valence-electron chi connectivity index (χ3n) is 4.36. The van der Waals surface area contributed by atoms with E-state index in [-0.39, 0.29) is 17.9 Å². The molecular formula is C19H25NO3. The zero-order chi connectivity index (χ0) is 16.8. The maximum atomic E-state index is 11.9. The summed E-state index contributed by atoms with van der Waals surface area (Å²) in [5, 5.41) is 11.9. The molecule has 4 nitrogen and oxygen atoms in total. The molecule has 2 N–H and O–H groups in total. The molecule has 1 aliphatic rings. The summed E-state index contributed by atoms with van der Waals surface area (Å²) in [4.78, 5) is 22.8. The average Bonchev–Trinajstić information content (AvgIpc) is 2.96. The van der Waals surface area contributed by atoms with Gasteiger partial charge in [-0.15, -0.1) is 0 Å². The Balaban J connectivity index is 1.77. The van der Waals surface area contributed by atoms with Crippen LogP contribution in [0.5, 0.6) is 0 Å². The van der Waals surface area contributed by atoms with Crippen molar-refractivity contribution in [2.45, 2.75) is 51.5 Å². The minimum atomic E-state index is -0.758. The van der Waals surface area contributed by atoms with Crippen molar-refractivity contribution in [3.63, 3.8) is 0 Å². The highest BCUT2D eigenvalue weighted by molar-refractivity contribution is 5.79. The van der Waals surface area contributed by atoms with E-state index in [9.17, 15) is 9.59 Å². The largest absolute Gasteiger partial charge is 0.481 e. The summed E-state index contributed by atoms with van der Waals surface area (Å²) in [7, 11) is 0. The summed E-state index contributed by atoms with van der Waals surface area (Å²) in [5.74, 6) is -0.599. The smallest absolute Gasteiger partial charge is 0.306 e. The Kier molecular flexibility index (Phi) is 5.97. The third kappa shape index (κ3) is 5.23. The van der Waals surface area contributed by atoms with E-state index in [0.29, 0.717) is 25.2 Å². The molecule has 2 rings (SSSR count). The Labute approximate surface area is 137 Å². The highest BCUT2D eigenvalue weighted by Crippen LogP contribution is 2.25. The molecule has 0 heterocycles. The fourth-order valence-corrected chi connectivity index (χ4v) is 2.92. The zero-order valence-corrected chi connectivity index (χ0v) is 13.8. The monoisotopic (exact) mass is 315 g/mol. The van der Waals surface area contributed by atoms with E-state index in [1.165, 1.54) is 5.56 Å². The Bertz CT molecular complexity index is 575. The van der Waals surface area contributed by atoms with E-state index in [2.05, 4.69) is 43.4 Å². The number of amides is 1. The number of carboxylic acid groups (broad SMARTS) is 1.